The molecule has 0 bridgehead atoms. The highest BCUT2D eigenvalue weighted by Crippen LogP contribution is 2.33. The minimum Gasteiger partial charge on any atom is -0.373 e. The van der Waals surface area contributed by atoms with Crippen molar-refractivity contribution in [3.05, 3.63) is 58.1 Å². The molecule has 1 heterocycles. The van der Waals surface area contributed by atoms with Crippen LogP contribution in [0.15, 0.2) is 42.5 Å². The Morgan fingerprint density at radius 2 is 1.83 bits per heavy atom. The molecule has 0 aliphatic carbocycles. The molecule has 24 heavy (non-hydrogen) atoms. The number of nitrogens with one attached hydrogen (secondary N) is 1. The Kier molecular flexibility index (Phi) is 4.78. The van der Waals surface area contributed by atoms with Crippen LogP contribution < -0.4 is 10.2 Å². The van der Waals surface area contributed by atoms with Gasteiger partial charge in [0.2, 0.25) is 5.91 Å². The van der Waals surface area contributed by atoms with E-state index < -0.39 is 6.04 Å². The summed E-state index contributed by atoms with van der Waals surface area (Å²) in [7, 11) is 0. The average Bonchev–Trinajstić information content (AvgIpc) is 2.83. The molecular formula is C18H16Cl2N2O2. The van der Waals surface area contributed by atoms with Crippen LogP contribution in [0.4, 0.5) is 11.4 Å². The van der Waals surface area contributed by atoms with E-state index in [1.807, 2.05) is 24.3 Å². The molecule has 0 saturated carbocycles. The number of imide groups is 1. The van der Waals surface area contributed by atoms with Crippen molar-refractivity contribution in [3.8, 4) is 0 Å². The molecule has 0 unspecified atom stereocenters. The lowest BCUT2D eigenvalue weighted by Gasteiger charge is -2.17. The van der Waals surface area contributed by atoms with Gasteiger partial charge in [0, 0.05) is 10.7 Å². The third-order valence-corrected chi connectivity index (χ3v) is 4.54. The molecule has 2 amide bonds. The van der Waals surface area contributed by atoms with Crippen LogP contribution in [0.3, 0.4) is 0 Å². The van der Waals surface area contributed by atoms with Gasteiger partial charge in [-0.15, -0.1) is 0 Å². The number of amides is 2. The van der Waals surface area contributed by atoms with Gasteiger partial charge in [0.25, 0.3) is 5.91 Å². The highest BCUT2D eigenvalue weighted by Gasteiger charge is 2.40. The van der Waals surface area contributed by atoms with E-state index in [4.69, 9.17) is 23.2 Å². The maximum atomic E-state index is 12.6. The van der Waals surface area contributed by atoms with E-state index in [2.05, 4.69) is 12.2 Å². The van der Waals surface area contributed by atoms with Gasteiger partial charge >= 0.3 is 0 Å². The van der Waals surface area contributed by atoms with Crippen LogP contribution in [-0.2, 0) is 16.0 Å². The highest BCUT2D eigenvalue weighted by atomic mass is 35.5. The second-order valence-corrected chi connectivity index (χ2v) is 6.46. The van der Waals surface area contributed by atoms with Gasteiger partial charge in [0.05, 0.1) is 17.1 Å². The minimum absolute atomic E-state index is 0.0906. The van der Waals surface area contributed by atoms with E-state index in [1.165, 1.54) is 11.6 Å². The molecule has 6 heteroatoms. The highest BCUT2D eigenvalue weighted by molar-refractivity contribution is 6.38. The van der Waals surface area contributed by atoms with E-state index in [9.17, 15) is 9.59 Å². The van der Waals surface area contributed by atoms with Crippen molar-refractivity contribution in [1.29, 1.82) is 0 Å². The van der Waals surface area contributed by atoms with Crippen molar-refractivity contribution in [2.24, 2.45) is 0 Å². The van der Waals surface area contributed by atoms with Gasteiger partial charge < -0.3 is 5.32 Å². The van der Waals surface area contributed by atoms with Crippen LogP contribution in [0.5, 0.6) is 0 Å². The predicted molar refractivity (Wildman–Crippen MR) is 96.8 cm³/mol. The van der Waals surface area contributed by atoms with Crippen molar-refractivity contribution >= 4 is 46.4 Å². The number of aryl methyl sites for hydroxylation is 1. The summed E-state index contributed by atoms with van der Waals surface area (Å²) in [6, 6.07) is 11.9. The Morgan fingerprint density at radius 1 is 1.12 bits per heavy atom. The monoisotopic (exact) mass is 362 g/mol. The van der Waals surface area contributed by atoms with E-state index in [-0.39, 0.29) is 23.3 Å². The molecule has 1 N–H and O–H groups in total. The van der Waals surface area contributed by atoms with Gasteiger partial charge in [-0.3, -0.25) is 9.59 Å². The molecule has 0 aromatic heterocycles. The third kappa shape index (κ3) is 3.25. The Labute approximate surface area is 150 Å². The van der Waals surface area contributed by atoms with E-state index in [0.29, 0.717) is 10.7 Å². The maximum Gasteiger partial charge on any atom is 0.256 e. The zero-order valence-electron chi connectivity index (χ0n) is 13.1. The third-order valence-electron chi connectivity index (χ3n) is 4.00. The number of carbonyl (C=O) groups is 2. The number of hydrogen-bond donors (Lipinski definition) is 1. The van der Waals surface area contributed by atoms with Gasteiger partial charge in [0.1, 0.15) is 6.04 Å². The number of carbonyl (C=O) groups excluding carboxylic acids is 2. The Balaban J connectivity index is 1.80. The first-order valence-corrected chi connectivity index (χ1v) is 8.42. The van der Waals surface area contributed by atoms with Gasteiger partial charge in [-0.1, -0.05) is 42.3 Å². The fraction of sp³-hybridized carbons (Fsp3) is 0.222. The zero-order valence-corrected chi connectivity index (χ0v) is 14.6. The van der Waals surface area contributed by atoms with Crippen LogP contribution in [0.25, 0.3) is 0 Å². The van der Waals surface area contributed by atoms with Gasteiger partial charge in [-0.25, -0.2) is 4.90 Å². The molecule has 1 fully saturated rings. The van der Waals surface area contributed by atoms with Crippen molar-refractivity contribution in [3.63, 3.8) is 0 Å². The molecule has 2 aromatic rings. The Morgan fingerprint density at radius 3 is 2.46 bits per heavy atom. The largest absolute Gasteiger partial charge is 0.373 e. The first kappa shape index (κ1) is 16.8. The van der Waals surface area contributed by atoms with Crippen molar-refractivity contribution in [2.45, 2.75) is 25.8 Å². The molecule has 0 spiro atoms. The number of anilines is 2. The van der Waals surface area contributed by atoms with Crippen molar-refractivity contribution in [2.75, 3.05) is 10.2 Å². The first-order chi connectivity index (χ1) is 11.5. The second kappa shape index (κ2) is 6.83. The number of rotatable bonds is 4. The summed E-state index contributed by atoms with van der Waals surface area (Å²) in [5, 5.41) is 3.85. The van der Waals surface area contributed by atoms with Crippen LogP contribution in [0.2, 0.25) is 10.0 Å². The molecule has 1 aliphatic rings. The summed E-state index contributed by atoms with van der Waals surface area (Å²) in [6.07, 6.45) is 1.04. The van der Waals surface area contributed by atoms with Crippen LogP contribution in [0.1, 0.15) is 18.9 Å². The summed E-state index contributed by atoms with van der Waals surface area (Å²) in [5.74, 6) is -0.601. The van der Waals surface area contributed by atoms with Crippen molar-refractivity contribution < 1.29 is 9.59 Å². The summed E-state index contributed by atoms with van der Waals surface area (Å²) < 4.78 is 0. The zero-order chi connectivity index (χ0) is 17.3. The fourth-order valence-corrected chi connectivity index (χ4v) is 3.19. The number of halogens is 2. The van der Waals surface area contributed by atoms with E-state index in [1.54, 1.807) is 12.1 Å². The topological polar surface area (TPSA) is 49.4 Å². The van der Waals surface area contributed by atoms with E-state index in [0.717, 1.165) is 17.0 Å². The molecule has 124 valence electrons. The number of benzene rings is 2. The molecule has 4 nitrogen and oxygen atoms in total. The molecular weight excluding hydrogens is 347 g/mol. The lowest BCUT2D eigenvalue weighted by molar-refractivity contribution is -0.121. The van der Waals surface area contributed by atoms with Gasteiger partial charge in [-0.2, -0.15) is 0 Å². The average molecular weight is 363 g/mol. The van der Waals surface area contributed by atoms with Crippen LogP contribution in [0, 0.1) is 0 Å². The number of hydrogen-bond acceptors (Lipinski definition) is 3. The van der Waals surface area contributed by atoms with Crippen LogP contribution in [-0.4, -0.2) is 17.9 Å². The van der Waals surface area contributed by atoms with Gasteiger partial charge in [-0.05, 0) is 42.3 Å². The lowest BCUT2D eigenvalue weighted by atomic mass is 10.1. The quantitative estimate of drug-likeness (QED) is 0.824. The summed E-state index contributed by atoms with van der Waals surface area (Å²) in [6.45, 7) is 2.08. The maximum absolute atomic E-state index is 12.6. The fourth-order valence-electron chi connectivity index (χ4n) is 2.70. The van der Waals surface area contributed by atoms with Crippen molar-refractivity contribution in [1.82, 2.24) is 0 Å². The summed E-state index contributed by atoms with van der Waals surface area (Å²) in [5.41, 5.74) is 2.38. The molecule has 1 aliphatic heterocycles. The molecule has 0 radical (unpaired) electrons. The molecule has 1 atom stereocenters. The first-order valence-electron chi connectivity index (χ1n) is 7.67. The Bertz CT molecular complexity index is 790. The standard InChI is InChI=1S/C18H16Cl2N2O2/c1-2-11-3-6-13(7-4-11)21-15-10-17(23)22(18(15)24)16-8-5-12(19)9-14(16)20/h3-9,15,21H,2,10H2,1H3/t15-/m0/s1. The summed E-state index contributed by atoms with van der Waals surface area (Å²) >= 11 is 12.0. The predicted octanol–water partition coefficient (Wildman–Crippen LogP) is 4.30. The minimum atomic E-state index is -0.600. The SMILES string of the molecule is CCc1ccc(N[C@H]2CC(=O)N(c3ccc(Cl)cc3Cl)C2=O)cc1. The van der Waals surface area contributed by atoms with Crippen LogP contribution >= 0.6 is 23.2 Å². The number of nitrogens with zero attached hydrogens (tertiary/aromatic N) is 1. The molecule has 1 saturated heterocycles. The summed E-state index contributed by atoms with van der Waals surface area (Å²) in [4.78, 5) is 26.1. The second-order valence-electron chi connectivity index (χ2n) is 5.61. The van der Waals surface area contributed by atoms with Gasteiger partial charge in [0.15, 0.2) is 0 Å². The molecule has 3 rings (SSSR count). The lowest BCUT2D eigenvalue weighted by Crippen LogP contribution is -2.35. The normalized spacial score (nSPS) is 17.5. The van der Waals surface area contributed by atoms with E-state index >= 15 is 0 Å². The Hall–Kier alpha value is -2.04. The smallest absolute Gasteiger partial charge is 0.256 e. The molecule has 2 aromatic carbocycles.